The van der Waals surface area contributed by atoms with Crippen LogP contribution in [-0.4, -0.2) is 54.6 Å². The molecule has 154 valence electrons. The van der Waals surface area contributed by atoms with E-state index in [0.717, 1.165) is 11.3 Å². The molecule has 2 aromatic rings. The van der Waals surface area contributed by atoms with Gasteiger partial charge in [0.2, 0.25) is 5.91 Å². The quantitative estimate of drug-likeness (QED) is 0.630. The number of hydrogen-bond acceptors (Lipinski definition) is 7. The van der Waals surface area contributed by atoms with Crippen LogP contribution in [0.25, 0.3) is 11.1 Å². The normalized spacial score (nSPS) is 13.4. The van der Waals surface area contributed by atoms with E-state index in [1.54, 1.807) is 18.9 Å². The standard InChI is InChI=1S/C20H22N2O5S2/c1-3-27-19(24)17-15(13-4-6-14(26-2)7-5-13)12-29-18(17)21-16(23)8-9-22-10-11-28-20(22)25/h4-7,12H,3,8-11H2,1-2H3,(H,21,23). The lowest BCUT2D eigenvalue weighted by Crippen LogP contribution is -2.27. The van der Waals surface area contributed by atoms with Gasteiger partial charge in [0, 0.05) is 36.2 Å². The molecule has 0 spiro atoms. The van der Waals surface area contributed by atoms with Crippen LogP contribution in [0.5, 0.6) is 5.75 Å². The van der Waals surface area contributed by atoms with Crippen LogP contribution in [0.2, 0.25) is 0 Å². The first-order chi connectivity index (χ1) is 14.0. The SMILES string of the molecule is CCOC(=O)c1c(-c2ccc(OC)cc2)csc1NC(=O)CCN1CCSC1=O. The lowest BCUT2D eigenvalue weighted by molar-refractivity contribution is -0.116. The molecule has 1 aromatic carbocycles. The molecule has 2 amide bonds. The van der Waals surface area contributed by atoms with Crippen LogP contribution in [0.3, 0.4) is 0 Å². The molecule has 3 rings (SSSR count). The highest BCUT2D eigenvalue weighted by atomic mass is 32.2. The third kappa shape index (κ3) is 5.10. The van der Waals surface area contributed by atoms with Gasteiger partial charge in [0.05, 0.1) is 13.7 Å². The minimum Gasteiger partial charge on any atom is -0.497 e. The number of ether oxygens (including phenoxy) is 2. The molecule has 1 aromatic heterocycles. The minimum atomic E-state index is -0.485. The van der Waals surface area contributed by atoms with E-state index < -0.39 is 5.97 Å². The first-order valence-corrected chi connectivity index (χ1v) is 11.0. The van der Waals surface area contributed by atoms with Gasteiger partial charge in [0.15, 0.2) is 0 Å². The van der Waals surface area contributed by atoms with Gasteiger partial charge in [0.1, 0.15) is 16.3 Å². The van der Waals surface area contributed by atoms with E-state index in [9.17, 15) is 14.4 Å². The average molecular weight is 435 g/mol. The van der Waals surface area contributed by atoms with Crippen LogP contribution in [0, 0.1) is 0 Å². The summed E-state index contributed by atoms with van der Waals surface area (Å²) >= 11 is 2.54. The first kappa shape index (κ1) is 21.2. The molecular formula is C20H22N2O5S2. The monoisotopic (exact) mass is 434 g/mol. The predicted octanol–water partition coefficient (Wildman–Crippen LogP) is 4.10. The van der Waals surface area contributed by atoms with E-state index >= 15 is 0 Å². The Morgan fingerprint density at radius 1 is 1.24 bits per heavy atom. The Balaban J connectivity index is 1.78. The number of nitrogens with one attached hydrogen (secondary N) is 1. The Labute approximate surface area is 177 Å². The van der Waals surface area contributed by atoms with E-state index in [0.29, 0.717) is 35.0 Å². The zero-order valence-corrected chi connectivity index (χ0v) is 17.9. The molecule has 1 aliphatic heterocycles. The van der Waals surface area contributed by atoms with Crippen molar-refractivity contribution in [2.45, 2.75) is 13.3 Å². The second kappa shape index (κ2) is 9.80. The molecule has 0 saturated carbocycles. The van der Waals surface area contributed by atoms with Crippen LogP contribution in [0.15, 0.2) is 29.6 Å². The molecule has 0 radical (unpaired) electrons. The van der Waals surface area contributed by atoms with Crippen molar-refractivity contribution in [3.63, 3.8) is 0 Å². The number of hydrogen-bond donors (Lipinski definition) is 1. The van der Waals surface area contributed by atoms with Crippen molar-refractivity contribution in [1.82, 2.24) is 4.90 Å². The van der Waals surface area contributed by atoms with Gasteiger partial charge in [0.25, 0.3) is 5.24 Å². The fourth-order valence-electron chi connectivity index (χ4n) is 2.89. The molecule has 1 aliphatic rings. The summed E-state index contributed by atoms with van der Waals surface area (Å²) in [5, 5.41) is 5.08. The molecule has 1 saturated heterocycles. The van der Waals surface area contributed by atoms with Crippen molar-refractivity contribution >= 4 is 45.2 Å². The minimum absolute atomic E-state index is 0.00271. The summed E-state index contributed by atoms with van der Waals surface area (Å²) in [5.41, 5.74) is 1.85. The number of anilines is 1. The van der Waals surface area contributed by atoms with Crippen molar-refractivity contribution in [3.05, 3.63) is 35.2 Å². The summed E-state index contributed by atoms with van der Waals surface area (Å²) in [7, 11) is 1.59. The number of carbonyl (C=O) groups is 3. The number of methoxy groups -OCH3 is 1. The molecule has 1 fully saturated rings. The van der Waals surface area contributed by atoms with Gasteiger partial charge in [-0.3, -0.25) is 9.59 Å². The van der Waals surface area contributed by atoms with Crippen molar-refractivity contribution in [2.75, 3.05) is 37.9 Å². The Morgan fingerprint density at radius 2 is 2.00 bits per heavy atom. The Bertz CT molecular complexity index is 895. The third-order valence-electron chi connectivity index (χ3n) is 4.38. The molecule has 7 nitrogen and oxygen atoms in total. The summed E-state index contributed by atoms with van der Waals surface area (Å²) in [4.78, 5) is 38.3. The van der Waals surface area contributed by atoms with Crippen LogP contribution < -0.4 is 10.1 Å². The highest BCUT2D eigenvalue weighted by Crippen LogP contribution is 2.37. The van der Waals surface area contributed by atoms with Crippen LogP contribution in [0.4, 0.5) is 9.80 Å². The fraction of sp³-hybridized carbons (Fsp3) is 0.350. The third-order valence-corrected chi connectivity index (χ3v) is 6.17. The second-order valence-electron chi connectivity index (χ2n) is 6.20. The maximum absolute atomic E-state index is 12.6. The average Bonchev–Trinajstić information content (AvgIpc) is 3.32. The molecule has 0 bridgehead atoms. The van der Waals surface area contributed by atoms with Crippen molar-refractivity contribution in [3.8, 4) is 16.9 Å². The van der Waals surface area contributed by atoms with E-state index in [1.807, 2.05) is 29.6 Å². The fourth-order valence-corrected chi connectivity index (χ4v) is 4.72. The molecule has 0 aliphatic carbocycles. The summed E-state index contributed by atoms with van der Waals surface area (Å²) in [6.45, 7) is 2.99. The summed E-state index contributed by atoms with van der Waals surface area (Å²) < 4.78 is 10.4. The maximum atomic E-state index is 12.6. The number of rotatable bonds is 8. The number of thiophene rings is 1. The van der Waals surface area contributed by atoms with Crippen molar-refractivity contribution in [1.29, 1.82) is 0 Å². The van der Waals surface area contributed by atoms with Crippen LogP contribution in [-0.2, 0) is 9.53 Å². The molecule has 0 unspecified atom stereocenters. The lowest BCUT2D eigenvalue weighted by Gasteiger charge is -2.14. The molecule has 2 heterocycles. The number of thioether (sulfide) groups is 1. The van der Waals surface area contributed by atoms with Gasteiger partial charge < -0.3 is 19.7 Å². The van der Waals surface area contributed by atoms with Crippen molar-refractivity contribution < 1.29 is 23.9 Å². The van der Waals surface area contributed by atoms with E-state index in [1.165, 1.54) is 23.1 Å². The molecule has 1 N–H and O–H groups in total. The van der Waals surface area contributed by atoms with Crippen LogP contribution >= 0.6 is 23.1 Å². The van der Waals surface area contributed by atoms with Gasteiger partial charge in [-0.2, -0.15) is 0 Å². The van der Waals surface area contributed by atoms with E-state index in [2.05, 4.69) is 5.32 Å². The Hall–Kier alpha value is -2.52. The van der Waals surface area contributed by atoms with Gasteiger partial charge >= 0.3 is 5.97 Å². The van der Waals surface area contributed by atoms with E-state index in [-0.39, 0.29) is 24.2 Å². The van der Waals surface area contributed by atoms with Gasteiger partial charge in [-0.1, -0.05) is 23.9 Å². The Morgan fingerprint density at radius 3 is 2.62 bits per heavy atom. The van der Waals surface area contributed by atoms with Gasteiger partial charge in [-0.15, -0.1) is 11.3 Å². The second-order valence-corrected chi connectivity index (χ2v) is 8.13. The largest absolute Gasteiger partial charge is 0.497 e. The van der Waals surface area contributed by atoms with Crippen molar-refractivity contribution in [2.24, 2.45) is 0 Å². The number of esters is 1. The number of carbonyl (C=O) groups excluding carboxylic acids is 3. The Kier molecular flexibility index (Phi) is 7.16. The molecular weight excluding hydrogens is 412 g/mol. The zero-order valence-electron chi connectivity index (χ0n) is 16.2. The number of amides is 2. The molecule has 0 atom stereocenters. The summed E-state index contributed by atoms with van der Waals surface area (Å²) in [6, 6.07) is 7.33. The first-order valence-electron chi connectivity index (χ1n) is 9.18. The summed E-state index contributed by atoms with van der Waals surface area (Å²) in [5.74, 6) is 0.734. The highest BCUT2D eigenvalue weighted by Gasteiger charge is 2.24. The van der Waals surface area contributed by atoms with Gasteiger partial charge in [-0.25, -0.2) is 4.79 Å². The molecule has 9 heteroatoms. The predicted molar refractivity (Wildman–Crippen MR) is 115 cm³/mol. The zero-order chi connectivity index (χ0) is 20.8. The highest BCUT2D eigenvalue weighted by molar-refractivity contribution is 8.13. The lowest BCUT2D eigenvalue weighted by atomic mass is 10.0. The summed E-state index contributed by atoms with van der Waals surface area (Å²) in [6.07, 6.45) is 0.171. The molecule has 29 heavy (non-hydrogen) atoms. The number of benzene rings is 1. The van der Waals surface area contributed by atoms with Gasteiger partial charge in [-0.05, 0) is 24.6 Å². The topological polar surface area (TPSA) is 84.9 Å². The van der Waals surface area contributed by atoms with Crippen LogP contribution in [0.1, 0.15) is 23.7 Å². The number of nitrogens with zero attached hydrogens (tertiary/aromatic N) is 1. The van der Waals surface area contributed by atoms with E-state index in [4.69, 9.17) is 9.47 Å². The smallest absolute Gasteiger partial charge is 0.341 e. The maximum Gasteiger partial charge on any atom is 0.341 e.